The van der Waals surface area contributed by atoms with E-state index in [9.17, 15) is 0 Å². The lowest BCUT2D eigenvalue weighted by molar-refractivity contribution is -0.0288. The van der Waals surface area contributed by atoms with Crippen molar-refractivity contribution in [3.63, 3.8) is 0 Å². The highest BCUT2D eigenvalue weighted by atomic mass is 16.5. The van der Waals surface area contributed by atoms with Crippen LogP contribution in [0.2, 0.25) is 0 Å². The van der Waals surface area contributed by atoms with Crippen LogP contribution >= 0.6 is 0 Å². The Hall–Kier alpha value is -1.76. The van der Waals surface area contributed by atoms with E-state index in [1.54, 1.807) is 0 Å². The van der Waals surface area contributed by atoms with Crippen LogP contribution in [0, 0.1) is 6.92 Å². The van der Waals surface area contributed by atoms with Gasteiger partial charge in [0.2, 0.25) is 11.7 Å². The van der Waals surface area contributed by atoms with Crippen LogP contribution in [0.1, 0.15) is 11.5 Å². The average Bonchev–Trinajstić information content (AvgIpc) is 2.96. The van der Waals surface area contributed by atoms with E-state index >= 15 is 0 Å². The predicted molar refractivity (Wildman–Crippen MR) is 78.5 cm³/mol. The molecule has 0 aliphatic carbocycles. The van der Waals surface area contributed by atoms with Gasteiger partial charge in [0, 0.05) is 25.2 Å². The monoisotopic (exact) mass is 288 g/mol. The highest BCUT2D eigenvalue weighted by Crippen LogP contribution is 2.20. The first kappa shape index (κ1) is 14.2. The molecule has 1 unspecified atom stereocenters. The third-order valence-corrected chi connectivity index (χ3v) is 3.70. The maximum Gasteiger partial charge on any atom is 0.241 e. The molecule has 0 bridgehead atoms. The van der Waals surface area contributed by atoms with Gasteiger partial charge in [-0.15, -0.1) is 0 Å². The SMILES string of the molecule is Cc1ccccc1-c1noc(CN2CCOC(CN)C2)n1. The molecule has 1 atom stereocenters. The van der Waals surface area contributed by atoms with Crippen molar-refractivity contribution < 1.29 is 9.26 Å². The summed E-state index contributed by atoms with van der Waals surface area (Å²) in [6.45, 7) is 5.57. The van der Waals surface area contributed by atoms with Crippen molar-refractivity contribution in [1.82, 2.24) is 15.0 Å². The first-order valence-electron chi connectivity index (χ1n) is 7.19. The molecule has 2 heterocycles. The maximum atomic E-state index is 5.65. The Morgan fingerprint density at radius 2 is 2.24 bits per heavy atom. The van der Waals surface area contributed by atoms with Gasteiger partial charge < -0.3 is 15.0 Å². The molecule has 3 rings (SSSR count). The number of rotatable bonds is 4. The van der Waals surface area contributed by atoms with Crippen molar-refractivity contribution in [2.45, 2.75) is 19.6 Å². The van der Waals surface area contributed by atoms with Crippen LogP contribution in [0.4, 0.5) is 0 Å². The van der Waals surface area contributed by atoms with Gasteiger partial charge in [0.25, 0.3) is 0 Å². The van der Waals surface area contributed by atoms with Crippen LogP contribution in [0.15, 0.2) is 28.8 Å². The summed E-state index contributed by atoms with van der Waals surface area (Å²) in [5.74, 6) is 1.28. The fraction of sp³-hybridized carbons (Fsp3) is 0.467. The lowest BCUT2D eigenvalue weighted by Crippen LogP contribution is -2.45. The molecule has 0 spiro atoms. The van der Waals surface area contributed by atoms with E-state index in [1.807, 2.05) is 31.2 Å². The standard InChI is InChI=1S/C15H20N4O2/c1-11-4-2-3-5-13(11)15-17-14(21-18-15)10-19-6-7-20-12(8-16)9-19/h2-5,12H,6-10,16H2,1H3. The highest BCUT2D eigenvalue weighted by molar-refractivity contribution is 5.58. The minimum atomic E-state index is 0.0949. The van der Waals surface area contributed by atoms with Gasteiger partial charge in [-0.05, 0) is 12.5 Å². The second-order valence-corrected chi connectivity index (χ2v) is 5.29. The predicted octanol–water partition coefficient (Wildman–Crippen LogP) is 1.20. The maximum absolute atomic E-state index is 5.65. The van der Waals surface area contributed by atoms with Gasteiger partial charge in [-0.1, -0.05) is 29.4 Å². The third-order valence-electron chi connectivity index (χ3n) is 3.70. The number of benzene rings is 1. The van der Waals surface area contributed by atoms with Gasteiger partial charge >= 0.3 is 0 Å². The highest BCUT2D eigenvalue weighted by Gasteiger charge is 2.21. The first-order valence-corrected chi connectivity index (χ1v) is 7.19. The summed E-state index contributed by atoms with van der Waals surface area (Å²) in [6, 6.07) is 8.02. The summed E-state index contributed by atoms with van der Waals surface area (Å²) in [6.07, 6.45) is 0.0949. The van der Waals surface area contributed by atoms with Gasteiger partial charge in [0.1, 0.15) is 0 Å². The topological polar surface area (TPSA) is 77.4 Å². The summed E-state index contributed by atoms with van der Waals surface area (Å²) in [5.41, 5.74) is 7.80. The van der Waals surface area contributed by atoms with Gasteiger partial charge in [0.05, 0.1) is 19.3 Å². The second kappa shape index (κ2) is 6.34. The molecule has 1 aliphatic heterocycles. The van der Waals surface area contributed by atoms with Crippen molar-refractivity contribution in [3.8, 4) is 11.4 Å². The van der Waals surface area contributed by atoms with E-state index in [2.05, 4.69) is 15.0 Å². The zero-order valence-electron chi connectivity index (χ0n) is 12.2. The Bertz CT molecular complexity index is 599. The van der Waals surface area contributed by atoms with Crippen LogP contribution in [-0.4, -0.2) is 47.4 Å². The van der Waals surface area contributed by atoms with E-state index in [4.69, 9.17) is 15.0 Å². The molecular weight excluding hydrogens is 268 g/mol. The molecule has 2 N–H and O–H groups in total. The van der Waals surface area contributed by atoms with Gasteiger partial charge in [-0.2, -0.15) is 4.98 Å². The summed E-state index contributed by atoms with van der Waals surface area (Å²) < 4.78 is 10.9. The number of hydrogen-bond acceptors (Lipinski definition) is 6. The lowest BCUT2D eigenvalue weighted by atomic mass is 10.1. The minimum Gasteiger partial charge on any atom is -0.374 e. The van der Waals surface area contributed by atoms with Gasteiger partial charge in [0.15, 0.2) is 0 Å². The fourth-order valence-electron chi connectivity index (χ4n) is 2.51. The van der Waals surface area contributed by atoms with E-state index in [1.165, 1.54) is 0 Å². The Kier molecular flexibility index (Phi) is 4.28. The van der Waals surface area contributed by atoms with E-state index in [-0.39, 0.29) is 6.10 Å². The zero-order valence-corrected chi connectivity index (χ0v) is 12.2. The summed E-state index contributed by atoms with van der Waals surface area (Å²) in [5, 5.41) is 4.08. The molecule has 2 aromatic rings. The van der Waals surface area contributed by atoms with Crippen LogP contribution in [0.5, 0.6) is 0 Å². The Labute approximate surface area is 123 Å². The number of aromatic nitrogens is 2. The van der Waals surface area contributed by atoms with Crippen LogP contribution in [0.25, 0.3) is 11.4 Å². The summed E-state index contributed by atoms with van der Waals surface area (Å²) in [4.78, 5) is 6.73. The molecule has 112 valence electrons. The second-order valence-electron chi connectivity index (χ2n) is 5.29. The normalized spacial score (nSPS) is 19.8. The summed E-state index contributed by atoms with van der Waals surface area (Å²) in [7, 11) is 0. The molecule has 1 saturated heterocycles. The average molecular weight is 288 g/mol. The molecule has 21 heavy (non-hydrogen) atoms. The van der Waals surface area contributed by atoms with E-state index < -0.39 is 0 Å². The first-order chi connectivity index (χ1) is 10.3. The Morgan fingerprint density at radius 1 is 1.38 bits per heavy atom. The summed E-state index contributed by atoms with van der Waals surface area (Å²) >= 11 is 0. The molecule has 1 aromatic carbocycles. The van der Waals surface area contributed by atoms with Crippen LogP contribution in [0.3, 0.4) is 0 Å². The fourth-order valence-corrected chi connectivity index (χ4v) is 2.51. The smallest absolute Gasteiger partial charge is 0.241 e. The van der Waals surface area contributed by atoms with Crippen molar-refractivity contribution in [3.05, 3.63) is 35.7 Å². The number of morpholine rings is 1. The number of ether oxygens (including phenoxy) is 1. The zero-order chi connectivity index (χ0) is 14.7. The van der Waals surface area contributed by atoms with Crippen LogP contribution in [-0.2, 0) is 11.3 Å². The molecule has 6 nitrogen and oxygen atoms in total. The molecule has 1 aliphatic rings. The molecular formula is C15H20N4O2. The molecule has 1 aromatic heterocycles. The van der Waals surface area contributed by atoms with Crippen molar-refractivity contribution in [1.29, 1.82) is 0 Å². The van der Waals surface area contributed by atoms with Crippen molar-refractivity contribution in [2.24, 2.45) is 5.73 Å². The third kappa shape index (κ3) is 3.29. The number of hydrogen-bond donors (Lipinski definition) is 1. The molecule has 0 radical (unpaired) electrons. The molecule has 6 heteroatoms. The van der Waals surface area contributed by atoms with E-state index in [0.717, 1.165) is 24.2 Å². The molecule has 0 amide bonds. The number of nitrogens with two attached hydrogens (primary N) is 1. The van der Waals surface area contributed by atoms with Crippen LogP contribution < -0.4 is 5.73 Å². The van der Waals surface area contributed by atoms with Gasteiger partial charge in [-0.3, -0.25) is 4.90 Å². The van der Waals surface area contributed by atoms with Crippen molar-refractivity contribution in [2.75, 3.05) is 26.2 Å². The Balaban J connectivity index is 1.69. The minimum absolute atomic E-state index is 0.0949. The lowest BCUT2D eigenvalue weighted by Gasteiger charge is -2.31. The Morgan fingerprint density at radius 3 is 3.05 bits per heavy atom. The van der Waals surface area contributed by atoms with E-state index in [0.29, 0.717) is 31.4 Å². The van der Waals surface area contributed by atoms with Gasteiger partial charge in [-0.25, -0.2) is 0 Å². The quantitative estimate of drug-likeness (QED) is 0.911. The molecule has 1 fully saturated rings. The molecule has 0 saturated carbocycles. The number of aryl methyl sites for hydroxylation is 1. The van der Waals surface area contributed by atoms with Crippen molar-refractivity contribution >= 4 is 0 Å². The number of nitrogens with zero attached hydrogens (tertiary/aromatic N) is 3. The largest absolute Gasteiger partial charge is 0.374 e.